The van der Waals surface area contributed by atoms with Crippen molar-refractivity contribution in [1.82, 2.24) is 9.38 Å². The summed E-state index contributed by atoms with van der Waals surface area (Å²) in [5.74, 6) is 0. The van der Waals surface area contributed by atoms with Gasteiger partial charge in [-0.15, -0.1) is 11.3 Å². The van der Waals surface area contributed by atoms with Crippen LogP contribution in [0.4, 0.5) is 0 Å². The fourth-order valence-corrected chi connectivity index (χ4v) is 7.50. The van der Waals surface area contributed by atoms with Gasteiger partial charge < -0.3 is 4.40 Å². The molecule has 0 radical (unpaired) electrons. The number of nitrogens with zero attached hydrogens (tertiary/aromatic N) is 2. The number of aryl methyl sites for hydroxylation is 1. The van der Waals surface area contributed by atoms with Crippen LogP contribution in [0.15, 0.2) is 115 Å². The second-order valence-corrected chi connectivity index (χ2v) is 11.3. The van der Waals surface area contributed by atoms with E-state index in [9.17, 15) is 0 Å². The van der Waals surface area contributed by atoms with Crippen molar-refractivity contribution < 1.29 is 4.11 Å². The number of pyridine rings is 1. The third-order valence-corrected chi connectivity index (χ3v) is 9.18. The predicted octanol–water partition coefficient (Wildman–Crippen LogP) is 10.2. The highest BCUT2D eigenvalue weighted by molar-refractivity contribution is 7.26. The molecule has 0 unspecified atom stereocenters. The van der Waals surface area contributed by atoms with Crippen molar-refractivity contribution in [3.05, 3.63) is 121 Å². The lowest BCUT2D eigenvalue weighted by molar-refractivity contribution is 1.27. The average Bonchev–Trinajstić information content (AvgIpc) is 3.66. The number of aromatic nitrogens is 2. The summed E-state index contributed by atoms with van der Waals surface area (Å²) in [4.78, 5) is 4.56. The predicted molar refractivity (Wildman–Crippen MR) is 167 cm³/mol. The van der Waals surface area contributed by atoms with E-state index in [-0.39, 0.29) is 5.56 Å². The summed E-state index contributed by atoms with van der Waals surface area (Å²) in [5, 5.41) is 7.51. The van der Waals surface area contributed by atoms with Crippen LogP contribution in [0.5, 0.6) is 0 Å². The highest BCUT2D eigenvalue weighted by Gasteiger charge is 2.22. The molecule has 5 aromatic carbocycles. The highest BCUT2D eigenvalue weighted by atomic mass is 32.1. The molecule has 0 spiro atoms. The van der Waals surface area contributed by atoms with Crippen molar-refractivity contribution in [1.29, 1.82) is 0 Å². The molecule has 0 aliphatic rings. The van der Waals surface area contributed by atoms with Crippen LogP contribution in [0.1, 0.15) is 9.68 Å². The van der Waals surface area contributed by atoms with Gasteiger partial charge in [0, 0.05) is 57.6 Å². The van der Waals surface area contributed by atoms with Crippen LogP contribution in [-0.2, 0) is 0 Å². The summed E-state index contributed by atoms with van der Waals surface area (Å²) in [5.41, 5.74) is 8.00. The summed E-state index contributed by atoms with van der Waals surface area (Å²) < 4.78 is 28.1. The maximum Gasteiger partial charge on any atom is 0.0702 e. The van der Waals surface area contributed by atoms with Crippen molar-refractivity contribution in [2.45, 2.75) is 6.85 Å². The Morgan fingerprint density at radius 3 is 2.31 bits per heavy atom. The minimum Gasteiger partial charge on any atom is -0.308 e. The van der Waals surface area contributed by atoms with Gasteiger partial charge in [0.05, 0.1) is 22.2 Å². The zero-order valence-electron chi connectivity index (χ0n) is 23.8. The summed E-state index contributed by atoms with van der Waals surface area (Å²) in [6.45, 7) is -2.17. The molecule has 0 bridgehead atoms. The van der Waals surface area contributed by atoms with Gasteiger partial charge >= 0.3 is 0 Å². The minimum absolute atomic E-state index is 0.250. The molecule has 182 valence electrons. The second kappa shape index (κ2) is 7.66. The van der Waals surface area contributed by atoms with Gasteiger partial charge in [0.1, 0.15) is 0 Å². The van der Waals surface area contributed by atoms with Gasteiger partial charge in [-0.3, -0.25) is 4.98 Å². The van der Waals surface area contributed by atoms with Crippen LogP contribution in [0.25, 0.3) is 80.7 Å². The van der Waals surface area contributed by atoms with Crippen molar-refractivity contribution in [2.75, 3.05) is 0 Å². The third kappa shape index (κ3) is 2.88. The Balaban J connectivity index is 1.41. The van der Waals surface area contributed by atoms with Crippen molar-refractivity contribution in [3.8, 4) is 22.4 Å². The quantitative estimate of drug-likeness (QED) is 0.223. The molecule has 0 aliphatic carbocycles. The summed E-state index contributed by atoms with van der Waals surface area (Å²) in [6, 6.07) is 38.4. The molecule has 2 nitrogen and oxygen atoms in total. The van der Waals surface area contributed by atoms with Gasteiger partial charge in [-0.25, -0.2) is 0 Å². The van der Waals surface area contributed by atoms with Crippen LogP contribution < -0.4 is 0 Å². The molecule has 0 N–H and O–H groups in total. The first-order chi connectivity index (χ1) is 20.5. The van der Waals surface area contributed by atoms with Crippen LogP contribution in [0.3, 0.4) is 0 Å². The normalized spacial score (nSPS) is 13.7. The summed E-state index contributed by atoms with van der Waals surface area (Å²) in [7, 11) is 0. The Labute approximate surface area is 232 Å². The first kappa shape index (κ1) is 18.5. The van der Waals surface area contributed by atoms with E-state index in [1.807, 2.05) is 17.4 Å². The van der Waals surface area contributed by atoms with Crippen LogP contribution in [0.2, 0.25) is 0 Å². The molecule has 9 rings (SSSR count). The molecule has 0 saturated heterocycles. The smallest absolute Gasteiger partial charge is 0.0702 e. The fraction of sp³-hybridized carbons (Fsp3) is 0.0278. The van der Waals surface area contributed by atoms with E-state index in [0.29, 0.717) is 0 Å². The molecule has 39 heavy (non-hydrogen) atoms. The molecule has 3 heteroatoms. The summed E-state index contributed by atoms with van der Waals surface area (Å²) in [6.07, 6.45) is 1.48. The van der Waals surface area contributed by atoms with Crippen LogP contribution >= 0.6 is 11.3 Å². The van der Waals surface area contributed by atoms with E-state index in [1.54, 1.807) is 6.07 Å². The lowest BCUT2D eigenvalue weighted by atomic mass is 9.98. The van der Waals surface area contributed by atoms with E-state index in [4.69, 9.17) is 4.11 Å². The van der Waals surface area contributed by atoms with Crippen molar-refractivity contribution in [2.24, 2.45) is 0 Å². The number of benzene rings is 5. The maximum atomic E-state index is 7.72. The molecule has 0 fully saturated rings. The molecule has 9 aromatic rings. The molecule has 4 aromatic heterocycles. The zero-order valence-corrected chi connectivity index (χ0v) is 21.6. The monoisotopic (exact) mass is 517 g/mol. The Bertz CT molecular complexity index is 2490. The number of hydrogen-bond donors (Lipinski definition) is 0. The summed E-state index contributed by atoms with van der Waals surface area (Å²) >= 11 is 1.85. The first-order valence-corrected chi connectivity index (χ1v) is 13.9. The minimum atomic E-state index is -2.17. The molecule has 0 atom stereocenters. The molecular formula is C36H22N2S. The van der Waals surface area contributed by atoms with E-state index in [2.05, 4.69) is 106 Å². The SMILES string of the molecule is [2H]C([2H])([2H])c1ccc(-c2ccc3c(c2)c2c4c(cc5c6ccccc6n3c52)sc2ccc(-c3ccccc3)cc24)nc1. The lowest BCUT2D eigenvalue weighted by Crippen LogP contribution is -1.85. The fourth-order valence-electron chi connectivity index (χ4n) is 6.36. The van der Waals surface area contributed by atoms with Gasteiger partial charge in [0.25, 0.3) is 0 Å². The molecular weight excluding hydrogens is 492 g/mol. The maximum absolute atomic E-state index is 7.72. The van der Waals surface area contributed by atoms with Gasteiger partial charge in [0.2, 0.25) is 0 Å². The first-order valence-electron chi connectivity index (χ1n) is 14.6. The number of rotatable bonds is 2. The van der Waals surface area contributed by atoms with E-state index < -0.39 is 6.85 Å². The van der Waals surface area contributed by atoms with E-state index in [1.165, 1.54) is 70.1 Å². The number of para-hydroxylation sites is 1. The average molecular weight is 518 g/mol. The van der Waals surface area contributed by atoms with E-state index >= 15 is 0 Å². The van der Waals surface area contributed by atoms with Crippen LogP contribution in [0, 0.1) is 6.85 Å². The Morgan fingerprint density at radius 1 is 0.615 bits per heavy atom. The van der Waals surface area contributed by atoms with Gasteiger partial charge in [-0.1, -0.05) is 66.7 Å². The second-order valence-electron chi connectivity index (χ2n) is 10.2. The topological polar surface area (TPSA) is 17.3 Å². The molecule has 0 aliphatic heterocycles. The Hall–Kier alpha value is -4.73. The highest BCUT2D eigenvalue weighted by Crippen LogP contribution is 2.48. The van der Waals surface area contributed by atoms with Crippen LogP contribution in [-0.4, -0.2) is 9.38 Å². The molecule has 0 amide bonds. The Morgan fingerprint density at radius 2 is 1.44 bits per heavy atom. The Kier molecular flexibility index (Phi) is 3.63. The standard InChI is InChI=1S/C36H22N2S/c1-21-11-14-29(37-20-21)24-12-15-31-27(18-24)35-34-28-17-23(22-7-3-2-4-8-22)13-16-32(28)39-33(34)19-26-25-9-5-6-10-30(25)38(31)36(26)35/h2-20H,1H3/i1D3. The number of thiophene rings is 1. The largest absolute Gasteiger partial charge is 0.308 e. The van der Waals surface area contributed by atoms with E-state index in [0.717, 1.165) is 16.8 Å². The molecule has 0 saturated carbocycles. The van der Waals surface area contributed by atoms with Gasteiger partial charge in [-0.2, -0.15) is 0 Å². The third-order valence-electron chi connectivity index (χ3n) is 8.06. The number of fused-ring (bicyclic) bond motifs is 10. The zero-order chi connectivity index (χ0) is 28.2. The van der Waals surface area contributed by atoms with Gasteiger partial charge in [-0.05, 0) is 66.0 Å². The van der Waals surface area contributed by atoms with Crippen molar-refractivity contribution >= 4 is 69.6 Å². The van der Waals surface area contributed by atoms with Crippen molar-refractivity contribution in [3.63, 3.8) is 0 Å². The lowest BCUT2D eigenvalue weighted by Gasteiger charge is -2.05. The molecule has 4 heterocycles. The van der Waals surface area contributed by atoms with Gasteiger partial charge in [0.15, 0.2) is 0 Å². The number of hydrogen-bond acceptors (Lipinski definition) is 2.